The third-order valence-corrected chi connectivity index (χ3v) is 4.77. The number of likely N-dealkylation sites (tertiary alicyclic amines) is 1. The lowest BCUT2D eigenvalue weighted by Gasteiger charge is -2.31. The van der Waals surface area contributed by atoms with Crippen LogP contribution in [0.15, 0.2) is 18.2 Å². The Kier molecular flexibility index (Phi) is 4.73. The van der Waals surface area contributed by atoms with E-state index in [1.165, 1.54) is 6.07 Å². The van der Waals surface area contributed by atoms with Gasteiger partial charge in [-0.3, -0.25) is 4.90 Å². The molecule has 2 rings (SSSR count). The molecule has 1 aliphatic heterocycles. The monoisotopic (exact) mass is 298 g/mol. The average Bonchev–Trinajstić information content (AvgIpc) is 2.83. The molecule has 1 aromatic carbocycles. The molecule has 2 unspecified atom stereocenters. The van der Waals surface area contributed by atoms with Crippen molar-refractivity contribution < 1.29 is 4.39 Å². The smallest absolute Gasteiger partial charge is 0.129 e. The molecule has 1 fully saturated rings. The Morgan fingerprint density at radius 1 is 1.45 bits per heavy atom. The van der Waals surface area contributed by atoms with Gasteiger partial charge < -0.3 is 5.73 Å². The molecule has 2 N–H and O–H groups in total. The van der Waals surface area contributed by atoms with Crippen molar-refractivity contribution in [3.8, 4) is 0 Å². The second-order valence-electron chi connectivity index (χ2n) is 6.73. The Bertz CT molecular complexity index is 450. The van der Waals surface area contributed by atoms with Gasteiger partial charge in [0.25, 0.3) is 0 Å². The molecule has 1 aliphatic rings. The highest BCUT2D eigenvalue weighted by Crippen LogP contribution is 2.38. The molecule has 4 heteroatoms. The number of nitrogens with zero attached hydrogens (tertiary/aromatic N) is 1. The molecule has 1 saturated heterocycles. The van der Waals surface area contributed by atoms with Crippen LogP contribution in [0.4, 0.5) is 4.39 Å². The number of nitrogens with two attached hydrogens (primary N) is 1. The fourth-order valence-electron chi connectivity index (χ4n) is 3.06. The van der Waals surface area contributed by atoms with Crippen LogP contribution in [0.2, 0.25) is 5.02 Å². The van der Waals surface area contributed by atoms with E-state index in [1.807, 2.05) is 0 Å². The standard InChI is InChI=1S/C16H24ClFN2/c1-16(2,3)11-7-8-20(10-11)14(9-19)15-12(17)5-4-6-13(15)18/h4-6,11,14H,7-10,19H2,1-3H3. The summed E-state index contributed by atoms with van der Waals surface area (Å²) in [5, 5.41) is 0.472. The van der Waals surface area contributed by atoms with Gasteiger partial charge in [0, 0.05) is 23.7 Å². The number of hydrogen-bond acceptors (Lipinski definition) is 2. The highest BCUT2D eigenvalue weighted by Gasteiger charge is 2.36. The lowest BCUT2D eigenvalue weighted by molar-refractivity contribution is 0.195. The summed E-state index contributed by atoms with van der Waals surface area (Å²) in [6, 6.07) is 4.70. The predicted octanol–water partition coefficient (Wildman–Crippen LogP) is 3.85. The normalized spacial score (nSPS) is 22.2. The zero-order valence-electron chi connectivity index (χ0n) is 12.5. The topological polar surface area (TPSA) is 29.3 Å². The Morgan fingerprint density at radius 2 is 2.15 bits per heavy atom. The van der Waals surface area contributed by atoms with Crippen LogP contribution in [0.5, 0.6) is 0 Å². The Morgan fingerprint density at radius 3 is 2.65 bits per heavy atom. The van der Waals surface area contributed by atoms with E-state index in [1.54, 1.807) is 12.1 Å². The summed E-state index contributed by atoms with van der Waals surface area (Å²) in [5.74, 6) is 0.356. The van der Waals surface area contributed by atoms with Gasteiger partial charge in [0.05, 0.1) is 6.04 Å². The fraction of sp³-hybridized carbons (Fsp3) is 0.625. The number of benzene rings is 1. The minimum atomic E-state index is -0.257. The van der Waals surface area contributed by atoms with E-state index in [2.05, 4.69) is 25.7 Å². The van der Waals surface area contributed by atoms with Crippen molar-refractivity contribution in [2.45, 2.75) is 33.2 Å². The first-order valence-electron chi connectivity index (χ1n) is 7.22. The maximum atomic E-state index is 14.1. The second-order valence-corrected chi connectivity index (χ2v) is 7.14. The van der Waals surface area contributed by atoms with Gasteiger partial charge in [-0.15, -0.1) is 0 Å². The van der Waals surface area contributed by atoms with E-state index in [0.717, 1.165) is 19.5 Å². The van der Waals surface area contributed by atoms with Gasteiger partial charge in [-0.2, -0.15) is 0 Å². The summed E-state index contributed by atoms with van der Waals surface area (Å²) in [5.41, 5.74) is 6.73. The highest BCUT2D eigenvalue weighted by molar-refractivity contribution is 6.31. The van der Waals surface area contributed by atoms with Crippen molar-refractivity contribution in [1.82, 2.24) is 4.90 Å². The number of hydrogen-bond donors (Lipinski definition) is 1. The first-order chi connectivity index (χ1) is 9.34. The van der Waals surface area contributed by atoms with Crippen LogP contribution in [0.3, 0.4) is 0 Å². The van der Waals surface area contributed by atoms with Crippen molar-refractivity contribution >= 4 is 11.6 Å². The number of halogens is 2. The van der Waals surface area contributed by atoms with Crippen LogP contribution in [-0.2, 0) is 0 Å². The maximum absolute atomic E-state index is 14.1. The van der Waals surface area contributed by atoms with E-state index in [-0.39, 0.29) is 17.3 Å². The molecule has 0 bridgehead atoms. The molecule has 0 saturated carbocycles. The van der Waals surface area contributed by atoms with Gasteiger partial charge >= 0.3 is 0 Å². The molecule has 2 atom stereocenters. The average molecular weight is 299 g/mol. The molecule has 2 nitrogen and oxygen atoms in total. The molecule has 1 heterocycles. The Balaban J connectivity index is 2.22. The molecule has 112 valence electrons. The van der Waals surface area contributed by atoms with Crippen molar-refractivity contribution in [2.75, 3.05) is 19.6 Å². The summed E-state index contributed by atoms with van der Waals surface area (Å²) in [7, 11) is 0. The second kappa shape index (κ2) is 6.00. The Hall–Kier alpha value is -0.640. The van der Waals surface area contributed by atoms with Crippen molar-refractivity contribution in [2.24, 2.45) is 17.1 Å². The van der Waals surface area contributed by atoms with Crippen LogP contribution in [0.25, 0.3) is 0 Å². The summed E-state index contributed by atoms with van der Waals surface area (Å²) in [6.07, 6.45) is 1.13. The molecule has 0 aliphatic carbocycles. The summed E-state index contributed by atoms with van der Waals surface area (Å²) in [6.45, 7) is 9.07. The van der Waals surface area contributed by atoms with E-state index < -0.39 is 0 Å². The van der Waals surface area contributed by atoms with Gasteiger partial charge in [0.15, 0.2) is 0 Å². The molecule has 0 spiro atoms. The van der Waals surface area contributed by atoms with Crippen LogP contribution < -0.4 is 5.73 Å². The van der Waals surface area contributed by atoms with E-state index in [0.29, 0.717) is 23.0 Å². The number of rotatable bonds is 3. The lowest BCUT2D eigenvalue weighted by Crippen LogP contribution is -2.34. The third-order valence-electron chi connectivity index (χ3n) is 4.44. The van der Waals surface area contributed by atoms with E-state index in [9.17, 15) is 4.39 Å². The predicted molar refractivity (Wildman–Crippen MR) is 82.3 cm³/mol. The quantitative estimate of drug-likeness (QED) is 0.918. The van der Waals surface area contributed by atoms with Gasteiger partial charge in [-0.1, -0.05) is 38.4 Å². The van der Waals surface area contributed by atoms with E-state index >= 15 is 0 Å². The van der Waals surface area contributed by atoms with Gasteiger partial charge in [0.1, 0.15) is 5.82 Å². The molecule has 1 aromatic rings. The van der Waals surface area contributed by atoms with Crippen LogP contribution in [0.1, 0.15) is 38.8 Å². The maximum Gasteiger partial charge on any atom is 0.129 e. The summed E-state index contributed by atoms with van der Waals surface area (Å²) in [4.78, 5) is 2.28. The van der Waals surface area contributed by atoms with Crippen molar-refractivity contribution in [3.05, 3.63) is 34.6 Å². The zero-order chi connectivity index (χ0) is 14.9. The lowest BCUT2D eigenvalue weighted by atomic mass is 9.80. The van der Waals surface area contributed by atoms with E-state index in [4.69, 9.17) is 17.3 Å². The Labute approximate surface area is 126 Å². The van der Waals surface area contributed by atoms with Crippen LogP contribution in [0, 0.1) is 17.2 Å². The molecule has 0 aromatic heterocycles. The highest BCUT2D eigenvalue weighted by atomic mass is 35.5. The SMILES string of the molecule is CC(C)(C)C1CCN(C(CN)c2c(F)cccc2Cl)C1. The zero-order valence-corrected chi connectivity index (χ0v) is 13.3. The van der Waals surface area contributed by atoms with Crippen molar-refractivity contribution in [3.63, 3.8) is 0 Å². The van der Waals surface area contributed by atoms with Gasteiger partial charge in [-0.05, 0) is 36.4 Å². The summed E-state index contributed by atoms with van der Waals surface area (Å²) >= 11 is 6.19. The van der Waals surface area contributed by atoms with Gasteiger partial charge in [-0.25, -0.2) is 4.39 Å². The van der Waals surface area contributed by atoms with Gasteiger partial charge in [0.2, 0.25) is 0 Å². The van der Waals surface area contributed by atoms with Crippen molar-refractivity contribution in [1.29, 1.82) is 0 Å². The first kappa shape index (κ1) is 15.7. The minimum absolute atomic E-state index is 0.129. The molecule has 0 amide bonds. The minimum Gasteiger partial charge on any atom is -0.329 e. The molecular formula is C16H24ClFN2. The summed E-state index contributed by atoms with van der Waals surface area (Å²) < 4.78 is 14.1. The van der Waals surface area contributed by atoms with Crippen LogP contribution >= 0.6 is 11.6 Å². The molecular weight excluding hydrogens is 275 g/mol. The third kappa shape index (κ3) is 3.16. The largest absolute Gasteiger partial charge is 0.329 e. The fourth-order valence-corrected chi connectivity index (χ4v) is 3.34. The first-order valence-corrected chi connectivity index (χ1v) is 7.60. The molecule has 0 radical (unpaired) electrons. The molecule has 20 heavy (non-hydrogen) atoms. The van der Waals surface area contributed by atoms with Crippen LogP contribution in [-0.4, -0.2) is 24.5 Å².